The lowest BCUT2D eigenvalue weighted by atomic mass is 10.0. The summed E-state index contributed by atoms with van der Waals surface area (Å²) in [5.41, 5.74) is 0.768. The average molecular weight is 382 g/mol. The van der Waals surface area contributed by atoms with E-state index in [-0.39, 0.29) is 24.0 Å². The number of rotatable bonds is 3. The predicted octanol–water partition coefficient (Wildman–Crippen LogP) is 3.70. The molecule has 126 valence electrons. The summed E-state index contributed by atoms with van der Waals surface area (Å²) in [7, 11) is 0. The van der Waals surface area contributed by atoms with Crippen LogP contribution in [-0.4, -0.2) is 46.9 Å². The number of hydrogen-bond acceptors (Lipinski definition) is 2. The summed E-state index contributed by atoms with van der Waals surface area (Å²) < 4.78 is 0.864. The summed E-state index contributed by atoms with van der Waals surface area (Å²) >= 11 is 3.45. The number of nitrogens with one attached hydrogen (secondary N) is 1. The van der Waals surface area contributed by atoms with Crippen molar-refractivity contribution in [2.45, 2.75) is 45.7 Å². The number of anilines is 1. The number of urea groups is 1. The maximum atomic E-state index is 12.7. The monoisotopic (exact) mass is 381 g/mol. The Balaban J connectivity index is 2.05. The topological polar surface area (TPSA) is 52.7 Å². The number of hydrogen-bond donors (Lipinski definition) is 1. The Hall–Kier alpha value is -1.56. The second-order valence-corrected chi connectivity index (χ2v) is 7.00. The van der Waals surface area contributed by atoms with Crippen LogP contribution >= 0.6 is 15.9 Å². The minimum absolute atomic E-state index is 0.0897. The molecular formula is C17H24BrN3O2. The first kappa shape index (κ1) is 17.8. The Morgan fingerprint density at radius 2 is 1.87 bits per heavy atom. The molecule has 1 aromatic rings. The van der Waals surface area contributed by atoms with Crippen LogP contribution in [0.15, 0.2) is 28.7 Å². The van der Waals surface area contributed by atoms with E-state index in [2.05, 4.69) is 21.2 Å². The Morgan fingerprint density at radius 1 is 1.26 bits per heavy atom. The van der Waals surface area contributed by atoms with E-state index >= 15 is 0 Å². The van der Waals surface area contributed by atoms with E-state index in [0.29, 0.717) is 13.1 Å². The molecule has 0 aliphatic carbocycles. The van der Waals surface area contributed by atoms with Gasteiger partial charge in [0, 0.05) is 36.6 Å². The first-order valence-electron chi connectivity index (χ1n) is 7.99. The second-order valence-electron chi connectivity index (χ2n) is 6.15. The van der Waals surface area contributed by atoms with Crippen molar-refractivity contribution in [3.05, 3.63) is 28.7 Å². The van der Waals surface area contributed by atoms with Crippen LogP contribution in [0.3, 0.4) is 0 Å². The lowest BCUT2D eigenvalue weighted by Crippen LogP contribution is -2.52. The van der Waals surface area contributed by atoms with Gasteiger partial charge in [-0.15, -0.1) is 0 Å². The molecule has 0 spiro atoms. The molecule has 2 rings (SSSR count). The third-order valence-electron chi connectivity index (χ3n) is 4.21. The molecule has 3 amide bonds. The molecular weight excluding hydrogens is 358 g/mol. The molecule has 0 atom stereocenters. The lowest BCUT2D eigenvalue weighted by Gasteiger charge is -2.40. The minimum Gasteiger partial charge on any atom is -0.343 e. The SMILES string of the molecule is CC(=O)N1CCC(N(C(=O)Nc2ccccc2Br)C(C)C)CC1. The Morgan fingerprint density at radius 3 is 2.39 bits per heavy atom. The summed E-state index contributed by atoms with van der Waals surface area (Å²) in [5.74, 6) is 0.109. The van der Waals surface area contributed by atoms with E-state index < -0.39 is 0 Å². The standard InChI is InChI=1S/C17H24BrN3O2/c1-12(2)21(14-8-10-20(11-9-14)13(3)22)17(23)19-16-7-5-4-6-15(16)18/h4-7,12,14H,8-11H2,1-3H3,(H,19,23). The van der Waals surface area contributed by atoms with Gasteiger partial charge in [0.25, 0.3) is 0 Å². The maximum Gasteiger partial charge on any atom is 0.322 e. The Labute approximate surface area is 146 Å². The van der Waals surface area contributed by atoms with Crippen LogP contribution in [0.1, 0.15) is 33.6 Å². The number of para-hydroxylation sites is 1. The molecule has 1 heterocycles. The fraction of sp³-hybridized carbons (Fsp3) is 0.529. The number of carbonyl (C=O) groups is 2. The van der Waals surface area contributed by atoms with E-state index in [4.69, 9.17) is 0 Å². The molecule has 1 aliphatic heterocycles. The van der Waals surface area contributed by atoms with Gasteiger partial charge in [0.1, 0.15) is 0 Å². The summed E-state index contributed by atoms with van der Waals surface area (Å²) in [6.07, 6.45) is 1.64. The van der Waals surface area contributed by atoms with Gasteiger partial charge in [0.15, 0.2) is 0 Å². The smallest absolute Gasteiger partial charge is 0.322 e. The summed E-state index contributed by atoms with van der Waals surface area (Å²) in [4.78, 5) is 27.9. The van der Waals surface area contributed by atoms with Gasteiger partial charge in [-0.25, -0.2) is 4.79 Å². The molecule has 1 aliphatic rings. The fourth-order valence-electron chi connectivity index (χ4n) is 3.02. The Bertz CT molecular complexity index is 569. The van der Waals surface area contributed by atoms with Crippen molar-refractivity contribution in [3.8, 4) is 0 Å². The molecule has 1 N–H and O–H groups in total. The molecule has 0 aromatic heterocycles. The van der Waals surface area contributed by atoms with Gasteiger partial charge >= 0.3 is 6.03 Å². The van der Waals surface area contributed by atoms with Crippen LogP contribution in [0.25, 0.3) is 0 Å². The quantitative estimate of drug-likeness (QED) is 0.867. The normalized spacial score (nSPS) is 15.6. The molecule has 0 bridgehead atoms. The van der Waals surface area contributed by atoms with E-state index in [0.717, 1.165) is 23.0 Å². The zero-order valence-corrected chi connectivity index (χ0v) is 15.5. The molecule has 6 heteroatoms. The van der Waals surface area contributed by atoms with Crippen molar-refractivity contribution in [3.63, 3.8) is 0 Å². The highest BCUT2D eigenvalue weighted by Gasteiger charge is 2.30. The average Bonchev–Trinajstić information content (AvgIpc) is 2.50. The number of benzene rings is 1. The Kier molecular flexibility index (Phi) is 6.04. The highest BCUT2D eigenvalue weighted by Crippen LogP contribution is 2.24. The van der Waals surface area contributed by atoms with Gasteiger partial charge in [-0.1, -0.05) is 12.1 Å². The molecule has 0 unspecified atom stereocenters. The van der Waals surface area contributed by atoms with Gasteiger partial charge in [-0.3, -0.25) is 4.79 Å². The number of halogens is 1. The van der Waals surface area contributed by atoms with Gasteiger partial charge in [0.2, 0.25) is 5.91 Å². The first-order chi connectivity index (χ1) is 10.9. The molecule has 0 radical (unpaired) electrons. The van der Waals surface area contributed by atoms with Crippen molar-refractivity contribution in [1.82, 2.24) is 9.80 Å². The van der Waals surface area contributed by atoms with Crippen LogP contribution in [0.2, 0.25) is 0 Å². The van der Waals surface area contributed by atoms with Crippen LogP contribution in [0.5, 0.6) is 0 Å². The molecule has 1 aromatic carbocycles. The van der Waals surface area contributed by atoms with E-state index in [1.807, 2.05) is 47.9 Å². The zero-order valence-electron chi connectivity index (χ0n) is 13.9. The van der Waals surface area contributed by atoms with Crippen molar-refractivity contribution in [2.24, 2.45) is 0 Å². The van der Waals surface area contributed by atoms with E-state index in [9.17, 15) is 9.59 Å². The maximum absolute atomic E-state index is 12.7. The number of amides is 3. The fourth-order valence-corrected chi connectivity index (χ4v) is 3.41. The van der Waals surface area contributed by atoms with Gasteiger partial charge < -0.3 is 15.1 Å². The summed E-state index contributed by atoms with van der Waals surface area (Å²) in [5, 5.41) is 2.98. The highest BCUT2D eigenvalue weighted by molar-refractivity contribution is 9.10. The van der Waals surface area contributed by atoms with Gasteiger partial charge in [-0.05, 0) is 54.8 Å². The van der Waals surface area contributed by atoms with Crippen molar-refractivity contribution in [1.29, 1.82) is 0 Å². The predicted molar refractivity (Wildman–Crippen MR) is 95.4 cm³/mol. The van der Waals surface area contributed by atoms with Gasteiger partial charge in [-0.2, -0.15) is 0 Å². The van der Waals surface area contributed by atoms with Crippen LogP contribution in [0.4, 0.5) is 10.5 Å². The third kappa shape index (κ3) is 4.47. The second kappa shape index (κ2) is 7.81. The van der Waals surface area contributed by atoms with Crippen LogP contribution in [0, 0.1) is 0 Å². The first-order valence-corrected chi connectivity index (χ1v) is 8.78. The third-order valence-corrected chi connectivity index (χ3v) is 4.90. The number of piperidine rings is 1. The van der Waals surface area contributed by atoms with Crippen molar-refractivity contribution < 1.29 is 9.59 Å². The highest BCUT2D eigenvalue weighted by atomic mass is 79.9. The molecule has 1 fully saturated rings. The van der Waals surface area contributed by atoms with E-state index in [1.54, 1.807) is 6.92 Å². The van der Waals surface area contributed by atoms with Crippen LogP contribution < -0.4 is 5.32 Å². The molecule has 5 nitrogen and oxygen atoms in total. The van der Waals surface area contributed by atoms with E-state index in [1.165, 1.54) is 0 Å². The summed E-state index contributed by atoms with van der Waals surface area (Å²) in [6.45, 7) is 7.07. The lowest BCUT2D eigenvalue weighted by molar-refractivity contribution is -0.130. The molecule has 0 saturated carbocycles. The van der Waals surface area contributed by atoms with Gasteiger partial charge in [0.05, 0.1) is 5.69 Å². The minimum atomic E-state index is -0.0897. The largest absolute Gasteiger partial charge is 0.343 e. The summed E-state index contributed by atoms with van der Waals surface area (Å²) in [6, 6.07) is 7.76. The number of nitrogens with zero attached hydrogens (tertiary/aromatic N) is 2. The zero-order chi connectivity index (χ0) is 17.0. The molecule has 23 heavy (non-hydrogen) atoms. The number of likely N-dealkylation sites (tertiary alicyclic amines) is 1. The number of carbonyl (C=O) groups excluding carboxylic acids is 2. The van der Waals surface area contributed by atoms with Crippen molar-refractivity contribution >= 4 is 33.6 Å². The van der Waals surface area contributed by atoms with Crippen molar-refractivity contribution in [2.75, 3.05) is 18.4 Å². The van der Waals surface area contributed by atoms with Crippen LogP contribution in [-0.2, 0) is 4.79 Å². The molecule has 1 saturated heterocycles.